The van der Waals surface area contributed by atoms with Crippen molar-refractivity contribution in [2.45, 2.75) is 19.8 Å². The van der Waals surface area contributed by atoms with Crippen LogP contribution in [0.1, 0.15) is 19.8 Å². The second kappa shape index (κ2) is 4.35. The molecule has 1 aliphatic rings. The smallest absolute Gasteiger partial charge is 0.218 e. The molecule has 0 aromatic carbocycles. The highest BCUT2D eigenvalue weighted by molar-refractivity contribution is 4.77. The minimum atomic E-state index is 0.654. The highest BCUT2D eigenvalue weighted by Crippen LogP contribution is 2.15. The number of rotatable bonds is 2. The van der Waals surface area contributed by atoms with Crippen molar-refractivity contribution in [1.29, 1.82) is 0 Å². The van der Waals surface area contributed by atoms with E-state index < -0.39 is 0 Å². The summed E-state index contributed by atoms with van der Waals surface area (Å²) in [6, 6.07) is 0. The summed E-state index contributed by atoms with van der Waals surface area (Å²) in [6.45, 7) is 13.2. The molecule has 0 saturated carbocycles. The molecule has 1 rings (SSSR count). The molecular weight excluding hydrogens is 136 g/mol. The van der Waals surface area contributed by atoms with Gasteiger partial charge >= 0.3 is 0 Å². The van der Waals surface area contributed by atoms with Gasteiger partial charge in [-0.25, -0.2) is 6.57 Å². The van der Waals surface area contributed by atoms with E-state index in [1.165, 1.54) is 19.4 Å². The SMILES string of the molecule is [C-]#[N+]CC1CCCN(CC)C1. The Morgan fingerprint density at radius 2 is 2.45 bits per heavy atom. The van der Waals surface area contributed by atoms with E-state index in [-0.39, 0.29) is 0 Å². The molecule has 0 aromatic heterocycles. The van der Waals surface area contributed by atoms with E-state index >= 15 is 0 Å². The predicted octanol–water partition coefficient (Wildman–Crippen LogP) is 1.64. The lowest BCUT2D eigenvalue weighted by Gasteiger charge is -2.28. The van der Waals surface area contributed by atoms with Gasteiger partial charge in [0.15, 0.2) is 0 Å². The molecule has 1 aliphatic heterocycles. The van der Waals surface area contributed by atoms with Crippen LogP contribution in [0.15, 0.2) is 0 Å². The quantitative estimate of drug-likeness (QED) is 0.546. The summed E-state index contributed by atoms with van der Waals surface area (Å²) in [6.07, 6.45) is 2.55. The molecule has 11 heavy (non-hydrogen) atoms. The summed E-state index contributed by atoms with van der Waals surface area (Å²) in [5, 5.41) is 0. The molecule has 1 atom stereocenters. The van der Waals surface area contributed by atoms with Gasteiger partial charge in [-0.3, -0.25) is 0 Å². The summed E-state index contributed by atoms with van der Waals surface area (Å²) < 4.78 is 0. The molecule has 1 unspecified atom stereocenters. The molecule has 2 nitrogen and oxygen atoms in total. The largest absolute Gasteiger partial charge is 0.317 e. The zero-order chi connectivity index (χ0) is 8.10. The Labute approximate surface area is 69.0 Å². The van der Waals surface area contributed by atoms with Gasteiger partial charge < -0.3 is 9.74 Å². The normalized spacial score (nSPS) is 26.4. The van der Waals surface area contributed by atoms with E-state index in [0.29, 0.717) is 5.92 Å². The second-order valence-corrected chi connectivity index (χ2v) is 3.24. The Hall–Kier alpha value is -0.550. The van der Waals surface area contributed by atoms with Crippen LogP contribution in [0.2, 0.25) is 0 Å². The summed E-state index contributed by atoms with van der Waals surface area (Å²) in [5.74, 6) is 0.654. The van der Waals surface area contributed by atoms with E-state index in [0.717, 1.165) is 19.6 Å². The fraction of sp³-hybridized carbons (Fsp3) is 0.889. The maximum Gasteiger partial charge on any atom is 0.218 e. The van der Waals surface area contributed by atoms with Crippen molar-refractivity contribution < 1.29 is 0 Å². The minimum absolute atomic E-state index is 0.654. The van der Waals surface area contributed by atoms with Crippen molar-refractivity contribution in [3.8, 4) is 0 Å². The highest BCUT2D eigenvalue weighted by atomic mass is 15.1. The number of hydrogen-bond acceptors (Lipinski definition) is 1. The molecule has 0 aromatic rings. The average Bonchev–Trinajstić information content (AvgIpc) is 2.06. The van der Waals surface area contributed by atoms with Gasteiger partial charge in [0.25, 0.3) is 0 Å². The van der Waals surface area contributed by atoms with Crippen molar-refractivity contribution >= 4 is 0 Å². The van der Waals surface area contributed by atoms with Crippen LogP contribution in [0.25, 0.3) is 4.85 Å². The fourth-order valence-corrected chi connectivity index (χ4v) is 1.72. The fourth-order valence-electron chi connectivity index (χ4n) is 1.72. The van der Waals surface area contributed by atoms with Crippen LogP contribution in [0.4, 0.5) is 0 Å². The Bertz CT molecular complexity index is 148. The first-order valence-electron chi connectivity index (χ1n) is 4.42. The monoisotopic (exact) mass is 152 g/mol. The first kappa shape index (κ1) is 8.55. The molecule has 0 bridgehead atoms. The molecule has 2 heteroatoms. The molecule has 0 N–H and O–H groups in total. The Kier molecular flexibility index (Phi) is 3.38. The van der Waals surface area contributed by atoms with E-state index in [1.54, 1.807) is 0 Å². The molecule has 0 amide bonds. The third-order valence-corrected chi connectivity index (χ3v) is 2.40. The number of piperidine rings is 1. The van der Waals surface area contributed by atoms with E-state index in [4.69, 9.17) is 6.57 Å². The Balaban J connectivity index is 2.28. The van der Waals surface area contributed by atoms with Crippen LogP contribution in [-0.4, -0.2) is 31.1 Å². The van der Waals surface area contributed by atoms with Gasteiger partial charge in [0, 0.05) is 12.5 Å². The Morgan fingerprint density at radius 1 is 1.64 bits per heavy atom. The first-order chi connectivity index (χ1) is 5.36. The van der Waals surface area contributed by atoms with Gasteiger partial charge in [-0.1, -0.05) is 6.92 Å². The maximum atomic E-state index is 6.77. The zero-order valence-electron chi connectivity index (χ0n) is 7.21. The van der Waals surface area contributed by atoms with Crippen molar-refractivity contribution in [3.63, 3.8) is 0 Å². The van der Waals surface area contributed by atoms with Gasteiger partial charge in [0.1, 0.15) is 0 Å². The van der Waals surface area contributed by atoms with Crippen molar-refractivity contribution in [2.75, 3.05) is 26.2 Å². The third kappa shape index (κ3) is 2.51. The van der Waals surface area contributed by atoms with Crippen molar-refractivity contribution in [1.82, 2.24) is 4.90 Å². The second-order valence-electron chi connectivity index (χ2n) is 3.24. The lowest BCUT2D eigenvalue weighted by atomic mass is 9.98. The standard InChI is InChI=1S/C9H16N2/c1-3-11-6-4-5-9(8-11)7-10-2/h9H,3-8H2,1H3. The lowest BCUT2D eigenvalue weighted by molar-refractivity contribution is 0.191. The van der Waals surface area contributed by atoms with Crippen LogP contribution < -0.4 is 0 Å². The number of likely N-dealkylation sites (tertiary alicyclic amines) is 1. The highest BCUT2D eigenvalue weighted by Gasteiger charge is 2.20. The molecule has 0 radical (unpaired) electrons. The third-order valence-electron chi connectivity index (χ3n) is 2.40. The van der Waals surface area contributed by atoms with Crippen LogP contribution in [-0.2, 0) is 0 Å². The van der Waals surface area contributed by atoms with Crippen LogP contribution >= 0.6 is 0 Å². The summed E-state index contributed by atoms with van der Waals surface area (Å²) in [5.41, 5.74) is 0. The maximum absolute atomic E-state index is 6.77. The van der Waals surface area contributed by atoms with Gasteiger partial charge in [-0.05, 0) is 25.9 Å². The predicted molar refractivity (Wildman–Crippen MR) is 46.3 cm³/mol. The van der Waals surface area contributed by atoms with E-state index in [1.807, 2.05) is 0 Å². The van der Waals surface area contributed by atoms with Crippen molar-refractivity contribution in [3.05, 3.63) is 11.4 Å². The van der Waals surface area contributed by atoms with E-state index in [2.05, 4.69) is 16.7 Å². The molecule has 1 fully saturated rings. The van der Waals surface area contributed by atoms with Gasteiger partial charge in [-0.15, -0.1) is 0 Å². The van der Waals surface area contributed by atoms with Crippen LogP contribution in [0.3, 0.4) is 0 Å². The summed E-state index contributed by atoms with van der Waals surface area (Å²) >= 11 is 0. The van der Waals surface area contributed by atoms with Gasteiger partial charge in [0.2, 0.25) is 6.54 Å². The van der Waals surface area contributed by atoms with Gasteiger partial charge in [-0.2, -0.15) is 0 Å². The average molecular weight is 152 g/mol. The lowest BCUT2D eigenvalue weighted by Crippen LogP contribution is -2.35. The Morgan fingerprint density at radius 3 is 3.09 bits per heavy atom. The molecule has 0 aliphatic carbocycles. The first-order valence-corrected chi connectivity index (χ1v) is 4.42. The van der Waals surface area contributed by atoms with Gasteiger partial charge in [0.05, 0.1) is 0 Å². The van der Waals surface area contributed by atoms with Crippen LogP contribution in [0.5, 0.6) is 0 Å². The van der Waals surface area contributed by atoms with Crippen LogP contribution in [0, 0.1) is 12.5 Å². The topological polar surface area (TPSA) is 7.60 Å². The minimum Gasteiger partial charge on any atom is -0.317 e. The number of nitrogens with zero attached hydrogens (tertiary/aromatic N) is 2. The molecule has 62 valence electrons. The summed E-state index contributed by atoms with van der Waals surface area (Å²) in [7, 11) is 0. The van der Waals surface area contributed by atoms with Crippen molar-refractivity contribution in [2.24, 2.45) is 5.92 Å². The molecule has 1 saturated heterocycles. The zero-order valence-corrected chi connectivity index (χ0v) is 7.21. The summed E-state index contributed by atoms with van der Waals surface area (Å²) in [4.78, 5) is 5.90. The number of hydrogen-bond donors (Lipinski definition) is 0. The van der Waals surface area contributed by atoms with E-state index in [9.17, 15) is 0 Å². The molecule has 0 spiro atoms. The molecular formula is C9H16N2. The molecule has 1 heterocycles.